The number of carbonyl (C=O) groups excluding carboxylic acids is 1. The van der Waals surface area contributed by atoms with Gasteiger partial charge in [-0.3, -0.25) is 9.69 Å². The van der Waals surface area contributed by atoms with Crippen LogP contribution in [-0.2, 0) is 4.79 Å². The largest absolute Gasteiger partial charge is 0.481 e. The fourth-order valence-corrected chi connectivity index (χ4v) is 2.61. The molecule has 6 nitrogen and oxygen atoms in total. The van der Waals surface area contributed by atoms with E-state index in [4.69, 9.17) is 5.11 Å². The van der Waals surface area contributed by atoms with Crippen LogP contribution >= 0.6 is 0 Å². The van der Waals surface area contributed by atoms with Crippen molar-refractivity contribution in [1.29, 1.82) is 0 Å². The summed E-state index contributed by atoms with van der Waals surface area (Å²) in [5.74, 6) is -0.799. The lowest BCUT2D eigenvalue weighted by Crippen LogP contribution is -2.48. The van der Waals surface area contributed by atoms with Crippen molar-refractivity contribution in [2.45, 2.75) is 52.1 Å². The maximum absolute atomic E-state index is 11.9. The number of urea groups is 1. The number of hydrogen-bond donors (Lipinski definition) is 3. The number of rotatable bonds is 7. The van der Waals surface area contributed by atoms with Crippen LogP contribution in [0.2, 0.25) is 0 Å². The molecule has 1 heterocycles. The van der Waals surface area contributed by atoms with Gasteiger partial charge in [-0.05, 0) is 31.8 Å². The first kappa shape index (κ1) is 16.8. The lowest BCUT2D eigenvalue weighted by molar-refractivity contribution is -0.137. The number of hydrogen-bond acceptors (Lipinski definition) is 3. The van der Waals surface area contributed by atoms with Crippen LogP contribution in [0.4, 0.5) is 4.79 Å². The number of likely N-dealkylation sites (tertiary alicyclic amines) is 1. The molecule has 0 aromatic carbocycles. The number of nitrogens with one attached hydrogen (secondary N) is 2. The number of likely N-dealkylation sites (N-methyl/N-ethyl adjacent to an activating group) is 1. The molecule has 0 aromatic heterocycles. The highest BCUT2D eigenvalue weighted by Gasteiger charge is 2.24. The van der Waals surface area contributed by atoms with Crippen LogP contribution in [0.3, 0.4) is 0 Å². The van der Waals surface area contributed by atoms with Gasteiger partial charge >= 0.3 is 12.0 Å². The van der Waals surface area contributed by atoms with Crippen LogP contribution in [-0.4, -0.2) is 53.7 Å². The minimum Gasteiger partial charge on any atom is -0.481 e. The lowest BCUT2D eigenvalue weighted by atomic mass is 10.0. The van der Waals surface area contributed by atoms with Crippen molar-refractivity contribution in [2.24, 2.45) is 5.92 Å². The van der Waals surface area contributed by atoms with E-state index in [1.807, 2.05) is 13.8 Å². The Hall–Kier alpha value is -1.30. The predicted octanol–water partition coefficient (Wildman–Crippen LogP) is 1.27. The van der Waals surface area contributed by atoms with Crippen LogP contribution in [0.15, 0.2) is 0 Å². The lowest BCUT2D eigenvalue weighted by Gasteiger charge is -2.25. The summed E-state index contributed by atoms with van der Waals surface area (Å²) in [5, 5.41) is 14.5. The van der Waals surface area contributed by atoms with Crippen LogP contribution in [0.5, 0.6) is 0 Å². The number of carbonyl (C=O) groups is 2. The molecule has 116 valence electrons. The maximum Gasteiger partial charge on any atom is 0.315 e. The molecule has 0 radical (unpaired) electrons. The van der Waals surface area contributed by atoms with Crippen LogP contribution < -0.4 is 10.6 Å². The van der Waals surface area contributed by atoms with Gasteiger partial charge in [-0.1, -0.05) is 20.8 Å². The summed E-state index contributed by atoms with van der Waals surface area (Å²) in [6, 6.07) is -0.200. The molecule has 2 atom stereocenters. The van der Waals surface area contributed by atoms with Gasteiger partial charge in [-0.15, -0.1) is 0 Å². The van der Waals surface area contributed by atoms with Crippen LogP contribution in [0, 0.1) is 5.92 Å². The molecule has 1 rings (SSSR count). The first-order valence-corrected chi connectivity index (χ1v) is 7.44. The third kappa shape index (κ3) is 5.36. The molecule has 0 aliphatic carbocycles. The third-order valence-electron chi connectivity index (χ3n) is 3.92. The standard InChI is InChI=1S/C14H27N3O3/c1-4-17-7-5-6-11(17)9-15-14(20)16-12(10(2)3)8-13(18)19/h10-12H,4-9H2,1-3H3,(H,18,19)(H2,15,16,20). The first-order chi connectivity index (χ1) is 9.43. The Morgan fingerprint density at radius 2 is 2.10 bits per heavy atom. The quantitative estimate of drug-likeness (QED) is 0.658. The summed E-state index contributed by atoms with van der Waals surface area (Å²) in [6.07, 6.45) is 2.24. The number of amides is 2. The summed E-state index contributed by atoms with van der Waals surface area (Å²) >= 11 is 0. The normalized spacial score (nSPS) is 20.9. The molecular formula is C14H27N3O3. The fraction of sp³-hybridized carbons (Fsp3) is 0.857. The summed E-state index contributed by atoms with van der Waals surface area (Å²) in [7, 11) is 0. The molecule has 2 unspecified atom stereocenters. The van der Waals surface area contributed by atoms with E-state index in [0.717, 1.165) is 19.5 Å². The maximum atomic E-state index is 11.9. The van der Waals surface area contributed by atoms with Crippen molar-refractivity contribution >= 4 is 12.0 Å². The van der Waals surface area contributed by atoms with Crippen LogP contribution in [0.1, 0.15) is 40.0 Å². The Morgan fingerprint density at radius 3 is 2.65 bits per heavy atom. The highest BCUT2D eigenvalue weighted by molar-refractivity contribution is 5.75. The van der Waals surface area contributed by atoms with Crippen molar-refractivity contribution in [3.8, 4) is 0 Å². The fourth-order valence-electron chi connectivity index (χ4n) is 2.61. The van der Waals surface area contributed by atoms with Gasteiger partial charge in [0.05, 0.1) is 6.42 Å². The molecule has 3 N–H and O–H groups in total. The third-order valence-corrected chi connectivity index (χ3v) is 3.92. The average molecular weight is 285 g/mol. The van der Waals surface area contributed by atoms with Gasteiger partial charge in [0.2, 0.25) is 0 Å². The molecule has 0 bridgehead atoms. The molecule has 2 amide bonds. The Kier molecular flexibility index (Phi) is 6.78. The second kappa shape index (κ2) is 8.09. The van der Waals surface area contributed by atoms with Crippen molar-refractivity contribution in [3.63, 3.8) is 0 Å². The predicted molar refractivity (Wildman–Crippen MR) is 77.7 cm³/mol. The minimum atomic E-state index is -0.892. The smallest absolute Gasteiger partial charge is 0.315 e. The van der Waals surface area contributed by atoms with E-state index >= 15 is 0 Å². The zero-order valence-corrected chi connectivity index (χ0v) is 12.7. The Labute approximate surface area is 120 Å². The second-order valence-corrected chi connectivity index (χ2v) is 5.73. The average Bonchev–Trinajstić information content (AvgIpc) is 2.82. The van der Waals surface area contributed by atoms with E-state index in [-0.39, 0.29) is 24.4 Å². The van der Waals surface area contributed by atoms with Crippen molar-refractivity contribution < 1.29 is 14.7 Å². The van der Waals surface area contributed by atoms with Gasteiger partial charge in [-0.2, -0.15) is 0 Å². The van der Waals surface area contributed by atoms with Crippen molar-refractivity contribution in [3.05, 3.63) is 0 Å². The molecule has 0 saturated carbocycles. The zero-order valence-electron chi connectivity index (χ0n) is 12.7. The van der Waals surface area contributed by atoms with E-state index in [9.17, 15) is 9.59 Å². The molecule has 6 heteroatoms. The van der Waals surface area contributed by atoms with Gasteiger partial charge < -0.3 is 15.7 Å². The number of carboxylic acid groups (broad SMARTS) is 1. The van der Waals surface area contributed by atoms with E-state index in [0.29, 0.717) is 12.6 Å². The number of nitrogens with zero attached hydrogens (tertiary/aromatic N) is 1. The number of carboxylic acids is 1. The van der Waals surface area contributed by atoms with E-state index in [1.54, 1.807) is 0 Å². The molecule has 1 aliphatic heterocycles. The SMILES string of the molecule is CCN1CCCC1CNC(=O)NC(CC(=O)O)C(C)C. The first-order valence-electron chi connectivity index (χ1n) is 7.44. The Morgan fingerprint density at radius 1 is 1.40 bits per heavy atom. The van der Waals surface area contributed by atoms with Crippen molar-refractivity contribution in [2.75, 3.05) is 19.6 Å². The molecule has 20 heavy (non-hydrogen) atoms. The summed E-state index contributed by atoms with van der Waals surface area (Å²) in [6.45, 7) is 8.66. The molecule has 1 aliphatic rings. The Bertz CT molecular complexity index is 334. The van der Waals surface area contributed by atoms with E-state index in [2.05, 4.69) is 22.5 Å². The Balaban J connectivity index is 2.36. The van der Waals surface area contributed by atoms with E-state index < -0.39 is 5.97 Å². The highest BCUT2D eigenvalue weighted by atomic mass is 16.4. The van der Waals surface area contributed by atoms with Crippen LogP contribution in [0.25, 0.3) is 0 Å². The summed E-state index contributed by atoms with van der Waals surface area (Å²) in [5.41, 5.74) is 0. The van der Waals surface area contributed by atoms with Gasteiger partial charge in [0.25, 0.3) is 0 Å². The zero-order chi connectivity index (χ0) is 15.1. The summed E-state index contributed by atoms with van der Waals surface area (Å²) < 4.78 is 0. The second-order valence-electron chi connectivity index (χ2n) is 5.73. The van der Waals surface area contributed by atoms with Crippen molar-refractivity contribution in [1.82, 2.24) is 15.5 Å². The molecular weight excluding hydrogens is 258 g/mol. The van der Waals surface area contributed by atoms with Gasteiger partial charge in [-0.25, -0.2) is 4.79 Å². The minimum absolute atomic E-state index is 0.0460. The van der Waals surface area contributed by atoms with E-state index in [1.165, 1.54) is 6.42 Å². The topological polar surface area (TPSA) is 81.7 Å². The van der Waals surface area contributed by atoms with Gasteiger partial charge in [0.15, 0.2) is 0 Å². The monoisotopic (exact) mass is 285 g/mol. The highest BCUT2D eigenvalue weighted by Crippen LogP contribution is 2.15. The molecule has 0 aromatic rings. The van der Waals surface area contributed by atoms with Gasteiger partial charge in [0.1, 0.15) is 0 Å². The molecule has 1 saturated heterocycles. The van der Waals surface area contributed by atoms with Gasteiger partial charge in [0, 0.05) is 18.6 Å². The molecule has 0 spiro atoms. The molecule has 1 fully saturated rings. The number of aliphatic carboxylic acids is 1. The summed E-state index contributed by atoms with van der Waals surface area (Å²) in [4.78, 5) is 25.0.